The Hall–Kier alpha value is -1.12. The molecule has 66 valence electrons. The van der Waals surface area contributed by atoms with Gasteiger partial charge in [-0.15, -0.1) is 0 Å². The molecule has 0 aromatic carbocycles. The quantitative estimate of drug-likeness (QED) is 0.499. The Morgan fingerprint density at radius 1 is 1.58 bits per heavy atom. The zero-order chi connectivity index (χ0) is 8.81. The van der Waals surface area contributed by atoms with E-state index in [-0.39, 0.29) is 5.78 Å². The molecule has 1 rings (SSSR count). The van der Waals surface area contributed by atoms with E-state index in [2.05, 4.69) is 16.6 Å². The number of rotatable bonds is 5. The first kappa shape index (κ1) is 8.97. The Kier molecular flexibility index (Phi) is 3.51. The smallest absolute Gasteiger partial charge is 0.184 e. The van der Waals surface area contributed by atoms with Crippen LogP contribution < -0.4 is 0 Å². The minimum atomic E-state index is 0.0807. The van der Waals surface area contributed by atoms with E-state index in [0.717, 1.165) is 19.3 Å². The van der Waals surface area contributed by atoms with E-state index in [0.29, 0.717) is 12.1 Å². The molecule has 0 bridgehead atoms. The third-order valence-corrected chi connectivity index (χ3v) is 1.73. The number of nitrogens with zero attached hydrogens (tertiary/aromatic N) is 1. The Labute approximate surface area is 71.7 Å². The van der Waals surface area contributed by atoms with Gasteiger partial charge in [-0.05, 0) is 6.42 Å². The van der Waals surface area contributed by atoms with Gasteiger partial charge in [-0.25, -0.2) is 0 Å². The Bertz CT molecular complexity index is 229. The van der Waals surface area contributed by atoms with E-state index in [4.69, 9.17) is 0 Å². The molecule has 0 aliphatic carbocycles. The van der Waals surface area contributed by atoms with E-state index in [1.807, 2.05) is 0 Å². The lowest BCUT2D eigenvalue weighted by atomic mass is 10.1. The fourth-order valence-electron chi connectivity index (χ4n) is 1.02. The number of Topliss-reactive ketones (excluding diaryl/α,β-unsaturated/α-hetero) is 1. The average Bonchev–Trinajstić information content (AvgIpc) is 2.56. The largest absolute Gasteiger partial charge is 0.364 e. The van der Waals surface area contributed by atoms with Crippen molar-refractivity contribution in [1.29, 1.82) is 0 Å². The van der Waals surface area contributed by atoms with Gasteiger partial charge in [0, 0.05) is 12.5 Å². The third kappa shape index (κ3) is 2.49. The summed E-state index contributed by atoms with van der Waals surface area (Å²) in [6.45, 7) is 2.11. The Morgan fingerprint density at radius 3 is 3.00 bits per heavy atom. The molecule has 0 N–H and O–H groups in total. The molecule has 3 nitrogen and oxygen atoms in total. The second kappa shape index (κ2) is 4.70. The summed E-state index contributed by atoms with van der Waals surface area (Å²) in [5.41, 5.74) is 0.450. The number of carbonyl (C=O) groups is 1. The predicted octanol–water partition coefficient (Wildman–Crippen LogP) is 2.44. The van der Waals surface area contributed by atoms with Crippen molar-refractivity contribution in [3.05, 3.63) is 18.0 Å². The molecule has 0 saturated heterocycles. The lowest BCUT2D eigenvalue weighted by Crippen LogP contribution is -1.98. The zero-order valence-electron chi connectivity index (χ0n) is 7.25. The van der Waals surface area contributed by atoms with Gasteiger partial charge >= 0.3 is 0 Å². The van der Waals surface area contributed by atoms with Crippen molar-refractivity contribution in [3.8, 4) is 0 Å². The molecular formula is C9H13NO2. The highest BCUT2D eigenvalue weighted by Crippen LogP contribution is 2.05. The van der Waals surface area contributed by atoms with Crippen molar-refractivity contribution >= 4 is 5.78 Å². The van der Waals surface area contributed by atoms with Gasteiger partial charge in [-0.2, -0.15) is 0 Å². The Balaban J connectivity index is 2.30. The summed E-state index contributed by atoms with van der Waals surface area (Å²) in [5, 5.41) is 3.57. The van der Waals surface area contributed by atoms with Gasteiger partial charge in [0.25, 0.3) is 0 Å². The molecule has 12 heavy (non-hydrogen) atoms. The Morgan fingerprint density at radius 2 is 2.42 bits per heavy atom. The van der Waals surface area contributed by atoms with Crippen molar-refractivity contribution in [2.24, 2.45) is 0 Å². The molecule has 1 aromatic rings. The number of aromatic nitrogens is 1. The van der Waals surface area contributed by atoms with Gasteiger partial charge in [0.15, 0.2) is 5.78 Å². The van der Waals surface area contributed by atoms with Crippen molar-refractivity contribution < 1.29 is 9.32 Å². The molecule has 1 aromatic heterocycles. The van der Waals surface area contributed by atoms with Crippen molar-refractivity contribution in [2.45, 2.75) is 32.6 Å². The number of carbonyl (C=O) groups excluding carboxylic acids is 1. The maximum Gasteiger partial charge on any atom is 0.184 e. The van der Waals surface area contributed by atoms with E-state index in [1.54, 1.807) is 6.07 Å². The number of ketones is 1. The molecule has 0 aliphatic rings. The van der Waals surface area contributed by atoms with Crippen LogP contribution in [-0.4, -0.2) is 10.9 Å². The predicted molar refractivity (Wildman–Crippen MR) is 45.0 cm³/mol. The third-order valence-electron chi connectivity index (χ3n) is 1.73. The minimum absolute atomic E-state index is 0.0807. The second-order valence-electron chi connectivity index (χ2n) is 2.76. The summed E-state index contributed by atoms with van der Waals surface area (Å²) in [4.78, 5) is 11.3. The molecule has 0 amide bonds. The molecule has 0 saturated carbocycles. The highest BCUT2D eigenvalue weighted by molar-refractivity contribution is 5.93. The molecule has 0 atom stereocenters. The SMILES string of the molecule is CCCCCC(=O)c1ccon1. The van der Waals surface area contributed by atoms with Crippen LogP contribution >= 0.6 is 0 Å². The van der Waals surface area contributed by atoms with E-state index in [9.17, 15) is 4.79 Å². The average molecular weight is 167 g/mol. The van der Waals surface area contributed by atoms with Crippen LogP contribution in [0.15, 0.2) is 16.9 Å². The molecule has 3 heteroatoms. The fourth-order valence-corrected chi connectivity index (χ4v) is 1.02. The van der Waals surface area contributed by atoms with Crippen molar-refractivity contribution in [2.75, 3.05) is 0 Å². The van der Waals surface area contributed by atoms with Crippen LogP contribution in [-0.2, 0) is 0 Å². The normalized spacial score (nSPS) is 10.1. The lowest BCUT2D eigenvalue weighted by Gasteiger charge is -1.94. The summed E-state index contributed by atoms with van der Waals surface area (Å²) in [6.07, 6.45) is 5.19. The van der Waals surface area contributed by atoms with Crippen LogP contribution in [0, 0.1) is 0 Å². The highest BCUT2D eigenvalue weighted by atomic mass is 16.5. The maximum atomic E-state index is 11.3. The molecule has 0 fully saturated rings. The summed E-state index contributed by atoms with van der Waals surface area (Å²) in [6, 6.07) is 1.61. The van der Waals surface area contributed by atoms with Crippen molar-refractivity contribution in [1.82, 2.24) is 5.16 Å². The summed E-state index contributed by atoms with van der Waals surface area (Å²) < 4.78 is 4.57. The van der Waals surface area contributed by atoms with Gasteiger partial charge in [-0.3, -0.25) is 4.79 Å². The first-order chi connectivity index (χ1) is 5.84. The number of hydrogen-bond acceptors (Lipinski definition) is 3. The first-order valence-corrected chi connectivity index (χ1v) is 4.28. The van der Waals surface area contributed by atoms with Gasteiger partial charge in [-0.1, -0.05) is 24.9 Å². The van der Waals surface area contributed by atoms with Crippen LogP contribution in [0.3, 0.4) is 0 Å². The van der Waals surface area contributed by atoms with E-state index in [1.165, 1.54) is 6.26 Å². The van der Waals surface area contributed by atoms with E-state index < -0.39 is 0 Å². The molecule has 0 aliphatic heterocycles. The van der Waals surface area contributed by atoms with Gasteiger partial charge in [0.05, 0.1) is 0 Å². The van der Waals surface area contributed by atoms with Gasteiger partial charge in [0.2, 0.25) is 0 Å². The van der Waals surface area contributed by atoms with Crippen LogP contribution in [0.2, 0.25) is 0 Å². The maximum absolute atomic E-state index is 11.3. The lowest BCUT2D eigenvalue weighted by molar-refractivity contribution is 0.0970. The second-order valence-corrected chi connectivity index (χ2v) is 2.76. The monoisotopic (exact) mass is 167 g/mol. The van der Waals surface area contributed by atoms with Crippen LogP contribution in [0.25, 0.3) is 0 Å². The molecule has 0 spiro atoms. The minimum Gasteiger partial charge on any atom is -0.364 e. The van der Waals surface area contributed by atoms with Crippen molar-refractivity contribution in [3.63, 3.8) is 0 Å². The van der Waals surface area contributed by atoms with Gasteiger partial charge < -0.3 is 4.52 Å². The van der Waals surface area contributed by atoms with Crippen LogP contribution in [0.5, 0.6) is 0 Å². The summed E-state index contributed by atoms with van der Waals surface area (Å²) >= 11 is 0. The number of unbranched alkanes of at least 4 members (excludes halogenated alkanes) is 2. The van der Waals surface area contributed by atoms with Crippen LogP contribution in [0.1, 0.15) is 43.1 Å². The fraction of sp³-hybridized carbons (Fsp3) is 0.556. The summed E-state index contributed by atoms with van der Waals surface area (Å²) in [5.74, 6) is 0.0807. The standard InChI is InChI=1S/C9H13NO2/c1-2-3-4-5-9(11)8-6-7-12-10-8/h6-7H,2-5H2,1H3. The van der Waals surface area contributed by atoms with E-state index >= 15 is 0 Å². The van der Waals surface area contributed by atoms with Crippen LogP contribution in [0.4, 0.5) is 0 Å². The highest BCUT2D eigenvalue weighted by Gasteiger charge is 2.07. The van der Waals surface area contributed by atoms with Gasteiger partial charge in [0.1, 0.15) is 12.0 Å². The first-order valence-electron chi connectivity index (χ1n) is 4.28. The molecule has 0 radical (unpaired) electrons. The number of hydrogen-bond donors (Lipinski definition) is 0. The molecule has 1 heterocycles. The molecular weight excluding hydrogens is 154 g/mol. The topological polar surface area (TPSA) is 43.1 Å². The molecule has 0 unspecified atom stereocenters. The summed E-state index contributed by atoms with van der Waals surface area (Å²) in [7, 11) is 0. The zero-order valence-corrected chi connectivity index (χ0v) is 7.25.